The molecule has 1 heterocycles. The first-order chi connectivity index (χ1) is 11.0. The third kappa shape index (κ3) is 5.19. The van der Waals surface area contributed by atoms with Crippen molar-refractivity contribution in [3.05, 3.63) is 57.8 Å². The van der Waals surface area contributed by atoms with Crippen LogP contribution in [0.3, 0.4) is 0 Å². The van der Waals surface area contributed by atoms with Crippen molar-refractivity contribution in [3.8, 4) is 0 Å². The lowest BCUT2D eigenvalue weighted by molar-refractivity contribution is -0.123. The van der Waals surface area contributed by atoms with Gasteiger partial charge in [-0.25, -0.2) is 0 Å². The molecule has 0 radical (unpaired) electrons. The summed E-state index contributed by atoms with van der Waals surface area (Å²) in [5.74, 6) is 0.451. The summed E-state index contributed by atoms with van der Waals surface area (Å²) >= 11 is 1.70. The molecule has 0 unspecified atom stereocenters. The van der Waals surface area contributed by atoms with Crippen molar-refractivity contribution in [1.82, 2.24) is 10.2 Å². The summed E-state index contributed by atoms with van der Waals surface area (Å²) in [5, 5.41) is 5.24. The molecule has 0 fully saturated rings. The molecule has 124 valence electrons. The number of nitrogens with one attached hydrogen (secondary N) is 1. The summed E-state index contributed by atoms with van der Waals surface area (Å²) in [4.78, 5) is 15.7. The Morgan fingerprint density at radius 1 is 1.22 bits per heavy atom. The topological polar surface area (TPSA) is 32.3 Å². The van der Waals surface area contributed by atoms with Crippen molar-refractivity contribution in [2.75, 3.05) is 13.6 Å². The van der Waals surface area contributed by atoms with Gasteiger partial charge in [0, 0.05) is 11.4 Å². The summed E-state index contributed by atoms with van der Waals surface area (Å²) in [6.45, 7) is 7.58. The van der Waals surface area contributed by atoms with Crippen molar-refractivity contribution in [2.45, 2.75) is 33.4 Å². The second-order valence-electron chi connectivity index (χ2n) is 6.40. The van der Waals surface area contributed by atoms with E-state index in [0.717, 1.165) is 6.54 Å². The molecule has 2 aromatic rings. The normalized spacial score (nSPS) is 12.6. The molecule has 0 aliphatic rings. The number of aryl methyl sites for hydroxylation is 1. The van der Waals surface area contributed by atoms with Crippen LogP contribution in [0.4, 0.5) is 0 Å². The molecule has 1 N–H and O–H groups in total. The molecule has 4 heteroatoms. The number of likely N-dealkylation sites (N-methyl/N-ethyl adjacent to an activating group) is 1. The van der Waals surface area contributed by atoms with E-state index in [1.165, 1.54) is 16.0 Å². The number of hydrogen-bond donors (Lipinski definition) is 1. The van der Waals surface area contributed by atoms with Crippen molar-refractivity contribution < 1.29 is 4.79 Å². The number of carbonyl (C=O) groups excluding carboxylic acids is 1. The van der Waals surface area contributed by atoms with E-state index in [2.05, 4.69) is 54.6 Å². The summed E-state index contributed by atoms with van der Waals surface area (Å²) in [6.07, 6.45) is 0. The molecule has 3 nitrogen and oxygen atoms in total. The highest BCUT2D eigenvalue weighted by Crippen LogP contribution is 2.25. The van der Waals surface area contributed by atoms with Gasteiger partial charge in [0.25, 0.3) is 0 Å². The molecule has 1 amide bonds. The molecule has 1 aromatic heterocycles. The van der Waals surface area contributed by atoms with E-state index >= 15 is 0 Å². The Bertz CT molecular complexity index is 622. The van der Waals surface area contributed by atoms with Crippen LogP contribution < -0.4 is 5.32 Å². The molecule has 0 spiro atoms. The Morgan fingerprint density at radius 3 is 2.57 bits per heavy atom. The lowest BCUT2D eigenvalue weighted by Crippen LogP contribution is -2.38. The van der Waals surface area contributed by atoms with Crippen LogP contribution in [0.5, 0.6) is 0 Å². The largest absolute Gasteiger partial charge is 0.347 e. The maximum absolute atomic E-state index is 12.4. The monoisotopic (exact) mass is 330 g/mol. The minimum atomic E-state index is 0.0770. The lowest BCUT2D eigenvalue weighted by atomic mass is 10.0. The van der Waals surface area contributed by atoms with Gasteiger partial charge in [0.2, 0.25) is 5.91 Å². The SMILES string of the molecule is Cc1ccccc1CN(C)CC(=O)N[C@H](c1cccs1)C(C)C. The van der Waals surface area contributed by atoms with Gasteiger partial charge in [-0.3, -0.25) is 9.69 Å². The molecule has 0 saturated carbocycles. The molecule has 0 aliphatic carbocycles. The van der Waals surface area contributed by atoms with Crippen LogP contribution in [0.25, 0.3) is 0 Å². The van der Waals surface area contributed by atoms with Crippen molar-refractivity contribution in [2.24, 2.45) is 5.92 Å². The number of amides is 1. The molecule has 1 aromatic carbocycles. The second-order valence-corrected chi connectivity index (χ2v) is 7.38. The molecule has 2 rings (SSSR count). The van der Waals surface area contributed by atoms with Gasteiger partial charge in [-0.2, -0.15) is 0 Å². The first-order valence-electron chi connectivity index (χ1n) is 8.03. The zero-order valence-corrected chi connectivity index (χ0v) is 15.2. The van der Waals surface area contributed by atoms with Crippen LogP contribution in [0, 0.1) is 12.8 Å². The highest BCUT2D eigenvalue weighted by atomic mass is 32.1. The number of rotatable bonds is 7. The Kier molecular flexibility index (Phi) is 6.37. The third-order valence-corrected chi connectivity index (χ3v) is 4.90. The van der Waals surface area contributed by atoms with Gasteiger partial charge in [-0.1, -0.05) is 44.2 Å². The van der Waals surface area contributed by atoms with E-state index in [1.807, 2.05) is 25.2 Å². The number of benzene rings is 1. The van der Waals surface area contributed by atoms with Crippen LogP contribution in [0.15, 0.2) is 41.8 Å². The van der Waals surface area contributed by atoms with Crippen molar-refractivity contribution in [1.29, 1.82) is 0 Å². The predicted octanol–water partition coefficient (Wildman–Crippen LogP) is 4.00. The smallest absolute Gasteiger partial charge is 0.234 e. The molecule has 0 bridgehead atoms. The number of carbonyl (C=O) groups is 1. The molecule has 1 atom stereocenters. The van der Waals surface area contributed by atoms with E-state index in [9.17, 15) is 4.79 Å². The Morgan fingerprint density at radius 2 is 1.96 bits per heavy atom. The van der Waals surface area contributed by atoms with Gasteiger partial charge in [-0.05, 0) is 42.5 Å². The summed E-state index contributed by atoms with van der Waals surface area (Å²) in [6, 6.07) is 12.5. The number of nitrogens with zero attached hydrogens (tertiary/aromatic N) is 1. The van der Waals surface area contributed by atoms with E-state index in [4.69, 9.17) is 0 Å². The van der Waals surface area contributed by atoms with Gasteiger partial charge < -0.3 is 5.32 Å². The van der Waals surface area contributed by atoms with E-state index in [1.54, 1.807) is 11.3 Å². The van der Waals surface area contributed by atoms with Crippen LogP contribution in [0.1, 0.15) is 35.9 Å². The van der Waals surface area contributed by atoms with Crippen molar-refractivity contribution in [3.63, 3.8) is 0 Å². The summed E-state index contributed by atoms with van der Waals surface area (Å²) < 4.78 is 0. The van der Waals surface area contributed by atoms with Crippen LogP contribution in [0.2, 0.25) is 0 Å². The highest BCUT2D eigenvalue weighted by molar-refractivity contribution is 7.10. The third-order valence-electron chi connectivity index (χ3n) is 3.95. The molecular weight excluding hydrogens is 304 g/mol. The minimum Gasteiger partial charge on any atom is -0.347 e. The lowest BCUT2D eigenvalue weighted by Gasteiger charge is -2.23. The fourth-order valence-corrected chi connectivity index (χ4v) is 3.58. The second kappa shape index (κ2) is 8.27. The van der Waals surface area contributed by atoms with Crippen LogP contribution >= 0.6 is 11.3 Å². The average Bonchev–Trinajstić information content (AvgIpc) is 3.00. The van der Waals surface area contributed by atoms with Gasteiger partial charge >= 0.3 is 0 Å². The van der Waals surface area contributed by atoms with Crippen LogP contribution in [-0.2, 0) is 11.3 Å². The number of hydrogen-bond acceptors (Lipinski definition) is 3. The minimum absolute atomic E-state index is 0.0770. The Labute approximate surface area is 143 Å². The average molecular weight is 330 g/mol. The molecular formula is C19H26N2OS. The van der Waals surface area contributed by atoms with Gasteiger partial charge in [0.15, 0.2) is 0 Å². The van der Waals surface area contributed by atoms with Crippen molar-refractivity contribution >= 4 is 17.2 Å². The standard InChI is InChI=1S/C19H26N2OS/c1-14(2)19(17-10-7-11-23-17)20-18(22)13-21(4)12-16-9-6-5-8-15(16)3/h5-11,14,19H,12-13H2,1-4H3,(H,20,22)/t19-/m0/s1. The van der Waals surface area contributed by atoms with Gasteiger partial charge in [0.1, 0.15) is 0 Å². The molecule has 0 saturated heterocycles. The highest BCUT2D eigenvalue weighted by Gasteiger charge is 2.19. The van der Waals surface area contributed by atoms with Gasteiger partial charge in [0.05, 0.1) is 12.6 Å². The molecule has 23 heavy (non-hydrogen) atoms. The fourth-order valence-electron chi connectivity index (χ4n) is 2.63. The first kappa shape index (κ1) is 17.7. The zero-order valence-electron chi connectivity index (χ0n) is 14.4. The number of thiophene rings is 1. The Balaban J connectivity index is 1.92. The fraction of sp³-hybridized carbons (Fsp3) is 0.421. The quantitative estimate of drug-likeness (QED) is 0.832. The molecule has 0 aliphatic heterocycles. The Hall–Kier alpha value is -1.65. The first-order valence-corrected chi connectivity index (χ1v) is 8.91. The summed E-state index contributed by atoms with van der Waals surface area (Å²) in [5.41, 5.74) is 2.53. The van der Waals surface area contributed by atoms with Crippen LogP contribution in [-0.4, -0.2) is 24.4 Å². The predicted molar refractivity (Wildman–Crippen MR) is 97.6 cm³/mol. The van der Waals surface area contributed by atoms with E-state index < -0.39 is 0 Å². The van der Waals surface area contributed by atoms with E-state index in [-0.39, 0.29) is 11.9 Å². The zero-order chi connectivity index (χ0) is 16.8. The van der Waals surface area contributed by atoms with Gasteiger partial charge in [-0.15, -0.1) is 11.3 Å². The maximum atomic E-state index is 12.4. The maximum Gasteiger partial charge on any atom is 0.234 e. The van der Waals surface area contributed by atoms with E-state index in [0.29, 0.717) is 12.5 Å². The summed E-state index contributed by atoms with van der Waals surface area (Å²) in [7, 11) is 1.99.